The van der Waals surface area contributed by atoms with Gasteiger partial charge in [0.1, 0.15) is 11.3 Å². The molecule has 0 spiro atoms. The van der Waals surface area contributed by atoms with Crippen LogP contribution in [-0.2, 0) is 0 Å². The molecule has 0 radical (unpaired) electrons. The zero-order valence-electron chi connectivity index (χ0n) is 11.1. The van der Waals surface area contributed by atoms with Crippen molar-refractivity contribution in [2.75, 3.05) is 11.6 Å². The van der Waals surface area contributed by atoms with Crippen molar-refractivity contribution in [2.24, 2.45) is 0 Å². The molecule has 1 amide bonds. The topological polar surface area (TPSA) is 92.5 Å². The Bertz CT molecular complexity index is 703. The van der Waals surface area contributed by atoms with Gasteiger partial charge in [0.2, 0.25) is 0 Å². The Labute approximate surface area is 125 Å². The number of rotatable bonds is 4. The Morgan fingerprint density at radius 2 is 2.00 bits per heavy atom. The van der Waals surface area contributed by atoms with Gasteiger partial charge in [-0.05, 0) is 30.5 Å². The molecule has 0 saturated heterocycles. The Morgan fingerprint density at radius 3 is 2.67 bits per heavy atom. The second-order valence-electron chi connectivity index (χ2n) is 4.11. The van der Waals surface area contributed by atoms with Crippen molar-refractivity contribution in [2.45, 2.75) is 4.90 Å². The van der Waals surface area contributed by atoms with Crippen LogP contribution in [0.15, 0.2) is 47.4 Å². The lowest BCUT2D eigenvalue weighted by atomic mass is 10.1. The summed E-state index contributed by atoms with van der Waals surface area (Å²) in [7, 11) is 0. The van der Waals surface area contributed by atoms with Gasteiger partial charge in [-0.25, -0.2) is 0 Å². The van der Waals surface area contributed by atoms with Crippen LogP contribution in [0.5, 0.6) is 5.75 Å². The lowest BCUT2D eigenvalue weighted by molar-refractivity contribution is -0.385. The summed E-state index contributed by atoms with van der Waals surface area (Å²) in [6.07, 6.45) is 1.86. The van der Waals surface area contributed by atoms with Crippen LogP contribution in [0.25, 0.3) is 0 Å². The van der Waals surface area contributed by atoms with E-state index in [1.54, 1.807) is 12.1 Å². The number of thioether (sulfide) groups is 1. The van der Waals surface area contributed by atoms with Crippen molar-refractivity contribution in [1.82, 2.24) is 0 Å². The molecule has 0 aliphatic rings. The Morgan fingerprint density at radius 1 is 1.29 bits per heavy atom. The number of phenolic OH excluding ortho intramolecular Hbond substituents is 1. The van der Waals surface area contributed by atoms with Crippen LogP contribution in [0, 0.1) is 10.1 Å². The first kappa shape index (κ1) is 14.9. The molecule has 0 saturated carbocycles. The molecule has 0 aromatic heterocycles. The molecular weight excluding hydrogens is 292 g/mol. The number of hydrogen-bond acceptors (Lipinski definition) is 5. The van der Waals surface area contributed by atoms with Crippen LogP contribution < -0.4 is 5.32 Å². The fourth-order valence-electron chi connectivity index (χ4n) is 1.80. The minimum atomic E-state index is -0.658. The summed E-state index contributed by atoms with van der Waals surface area (Å²) in [4.78, 5) is 23.4. The summed E-state index contributed by atoms with van der Waals surface area (Å²) in [5.74, 6) is -0.844. The summed E-state index contributed by atoms with van der Waals surface area (Å²) >= 11 is 1.45. The predicted octanol–water partition coefficient (Wildman–Crippen LogP) is 3.27. The van der Waals surface area contributed by atoms with Gasteiger partial charge in [0, 0.05) is 11.0 Å². The molecule has 0 aliphatic carbocycles. The van der Waals surface area contributed by atoms with Gasteiger partial charge in [0.05, 0.1) is 10.6 Å². The number of nitro benzene ring substituents is 1. The summed E-state index contributed by atoms with van der Waals surface area (Å²) in [5.41, 5.74) is 0.0236. The third-order valence-corrected chi connectivity index (χ3v) is 3.57. The van der Waals surface area contributed by atoms with Crippen molar-refractivity contribution in [3.8, 4) is 5.75 Å². The molecule has 0 aliphatic heterocycles. The maximum atomic E-state index is 12.2. The van der Waals surface area contributed by atoms with E-state index < -0.39 is 10.8 Å². The minimum absolute atomic E-state index is 0.184. The van der Waals surface area contributed by atoms with Crippen molar-refractivity contribution in [3.05, 3.63) is 58.1 Å². The third kappa shape index (κ3) is 3.32. The Balaban J connectivity index is 2.37. The minimum Gasteiger partial charge on any atom is -0.508 e. The second kappa shape index (κ2) is 6.27. The Kier molecular flexibility index (Phi) is 4.44. The molecule has 2 aromatic carbocycles. The molecule has 2 rings (SSSR count). The number of nitro groups is 1. The van der Waals surface area contributed by atoms with Crippen LogP contribution in [0.4, 0.5) is 11.4 Å². The fraction of sp³-hybridized carbons (Fsp3) is 0.0714. The zero-order chi connectivity index (χ0) is 15.4. The first-order valence-corrected chi connectivity index (χ1v) is 7.17. The third-order valence-electron chi connectivity index (χ3n) is 2.78. The average molecular weight is 304 g/mol. The number of benzene rings is 2. The van der Waals surface area contributed by atoms with Gasteiger partial charge in [-0.2, -0.15) is 0 Å². The molecule has 7 heteroatoms. The number of aromatic hydroxyl groups is 1. The lowest BCUT2D eigenvalue weighted by Crippen LogP contribution is -2.14. The monoisotopic (exact) mass is 304 g/mol. The number of anilines is 1. The van der Waals surface area contributed by atoms with Gasteiger partial charge >= 0.3 is 0 Å². The van der Waals surface area contributed by atoms with Gasteiger partial charge in [-0.1, -0.05) is 12.1 Å². The summed E-state index contributed by atoms with van der Waals surface area (Å²) in [6.45, 7) is 0. The Hall–Kier alpha value is -2.54. The van der Waals surface area contributed by atoms with E-state index in [2.05, 4.69) is 5.32 Å². The molecule has 2 aromatic rings. The van der Waals surface area contributed by atoms with Crippen LogP contribution >= 0.6 is 11.8 Å². The predicted molar refractivity (Wildman–Crippen MR) is 80.9 cm³/mol. The molecule has 0 atom stereocenters. The van der Waals surface area contributed by atoms with Crippen LogP contribution in [-0.4, -0.2) is 22.2 Å². The van der Waals surface area contributed by atoms with Gasteiger partial charge in [0.15, 0.2) is 0 Å². The van der Waals surface area contributed by atoms with Gasteiger partial charge in [0.25, 0.3) is 11.6 Å². The standard InChI is InChI=1S/C14H12N2O4S/c1-21-13-5-3-2-4-11(13)15-14(18)10-8-9(17)6-7-12(10)16(19)20/h2-8,17H,1H3,(H,15,18). The van der Waals surface area contributed by atoms with E-state index in [4.69, 9.17) is 0 Å². The largest absolute Gasteiger partial charge is 0.508 e. The number of hydrogen-bond donors (Lipinski definition) is 2. The van der Waals surface area contributed by atoms with E-state index in [0.29, 0.717) is 5.69 Å². The highest BCUT2D eigenvalue weighted by Crippen LogP contribution is 2.28. The van der Waals surface area contributed by atoms with E-state index in [-0.39, 0.29) is 17.0 Å². The van der Waals surface area contributed by atoms with Crippen molar-refractivity contribution < 1.29 is 14.8 Å². The molecule has 6 nitrogen and oxygen atoms in total. The lowest BCUT2D eigenvalue weighted by Gasteiger charge is -2.09. The normalized spacial score (nSPS) is 10.1. The fourth-order valence-corrected chi connectivity index (χ4v) is 2.36. The summed E-state index contributed by atoms with van der Waals surface area (Å²) in [5, 5.41) is 23.0. The molecule has 0 bridgehead atoms. The van der Waals surface area contributed by atoms with Crippen molar-refractivity contribution in [1.29, 1.82) is 0 Å². The first-order chi connectivity index (χ1) is 10.0. The van der Waals surface area contributed by atoms with Gasteiger partial charge < -0.3 is 10.4 Å². The highest BCUT2D eigenvalue weighted by atomic mass is 32.2. The number of para-hydroxylation sites is 1. The van der Waals surface area contributed by atoms with E-state index in [1.807, 2.05) is 18.4 Å². The smallest absolute Gasteiger partial charge is 0.282 e. The maximum absolute atomic E-state index is 12.2. The van der Waals surface area contributed by atoms with E-state index in [0.717, 1.165) is 17.0 Å². The van der Waals surface area contributed by atoms with E-state index >= 15 is 0 Å². The SMILES string of the molecule is CSc1ccccc1NC(=O)c1cc(O)ccc1[N+](=O)[O-]. The molecule has 2 N–H and O–H groups in total. The molecule has 108 valence electrons. The first-order valence-electron chi connectivity index (χ1n) is 5.94. The van der Waals surface area contributed by atoms with E-state index in [1.165, 1.54) is 17.8 Å². The van der Waals surface area contributed by atoms with Crippen LogP contribution in [0.1, 0.15) is 10.4 Å². The number of phenols is 1. The van der Waals surface area contributed by atoms with Crippen LogP contribution in [0.2, 0.25) is 0 Å². The molecule has 0 heterocycles. The van der Waals surface area contributed by atoms with E-state index in [9.17, 15) is 20.0 Å². The van der Waals surface area contributed by atoms with Gasteiger partial charge in [-0.3, -0.25) is 14.9 Å². The number of nitrogens with one attached hydrogen (secondary N) is 1. The van der Waals surface area contributed by atoms with Crippen molar-refractivity contribution >= 4 is 29.0 Å². The average Bonchev–Trinajstić information content (AvgIpc) is 2.47. The zero-order valence-corrected chi connectivity index (χ0v) is 11.9. The molecular formula is C14H12N2O4S. The summed E-state index contributed by atoms with van der Waals surface area (Å²) < 4.78 is 0. The molecule has 0 fully saturated rings. The summed E-state index contributed by atoms with van der Waals surface area (Å²) in [6, 6.07) is 10.5. The van der Waals surface area contributed by atoms with Crippen molar-refractivity contribution in [3.63, 3.8) is 0 Å². The number of amides is 1. The highest BCUT2D eigenvalue weighted by Gasteiger charge is 2.21. The number of nitrogens with zero attached hydrogens (tertiary/aromatic N) is 1. The second-order valence-corrected chi connectivity index (χ2v) is 4.96. The molecule has 0 unspecified atom stereocenters. The molecule has 21 heavy (non-hydrogen) atoms. The quantitative estimate of drug-likeness (QED) is 0.514. The number of carbonyl (C=O) groups is 1. The number of carbonyl (C=O) groups excluding carboxylic acids is 1. The highest BCUT2D eigenvalue weighted by molar-refractivity contribution is 7.98. The van der Waals surface area contributed by atoms with Gasteiger partial charge in [-0.15, -0.1) is 11.8 Å². The van der Waals surface area contributed by atoms with Crippen LogP contribution in [0.3, 0.4) is 0 Å². The maximum Gasteiger partial charge on any atom is 0.282 e.